The second-order valence-corrected chi connectivity index (χ2v) is 10.4. The fraction of sp³-hybridized carbons (Fsp3) is 0.357. The summed E-state index contributed by atoms with van der Waals surface area (Å²) in [5, 5.41) is 2.60. The number of Topliss-reactive ketones (excluding diaryl/α,β-unsaturated/α-hetero) is 1. The molecule has 0 radical (unpaired) electrons. The third-order valence-corrected chi connectivity index (χ3v) is 8.45. The lowest BCUT2D eigenvalue weighted by Gasteiger charge is -2.37. The van der Waals surface area contributed by atoms with Crippen LogP contribution >= 0.6 is 11.6 Å². The second kappa shape index (κ2) is 8.16. The Balaban J connectivity index is 1.43. The minimum absolute atomic E-state index is 0.0221. The van der Waals surface area contributed by atoms with Crippen LogP contribution in [0.2, 0.25) is 5.02 Å². The smallest absolute Gasteiger partial charge is 0.273 e. The Bertz CT molecular complexity index is 1220. The number of ketones is 1. The van der Waals surface area contributed by atoms with Crippen LogP contribution in [0.25, 0.3) is 0 Å². The highest BCUT2D eigenvalue weighted by molar-refractivity contribution is 6.30. The average Bonchev–Trinajstić information content (AvgIpc) is 3.67. The summed E-state index contributed by atoms with van der Waals surface area (Å²) in [4.78, 5) is 55.2. The van der Waals surface area contributed by atoms with Gasteiger partial charge in [0.2, 0.25) is 0 Å². The molecule has 3 amide bonds. The maximum Gasteiger partial charge on any atom is 0.273 e. The first-order chi connectivity index (χ1) is 16.9. The van der Waals surface area contributed by atoms with Crippen LogP contribution in [-0.2, 0) is 9.59 Å². The standard InChI is InChI=1S/C28H25ClN2O4/c1-2-22(25(32)15-6-4-3-5-7-15)30(26(33)16-8-10-17(29)11-9-16)31-27(34)23-18-12-13-19(21-14-20(18)21)24(23)28(31)35/h3-13,18-24H,2,14H2,1H3/t18-,19-,20-,21+,22+,23-,24+/m0/s1. The van der Waals surface area contributed by atoms with E-state index in [0.29, 0.717) is 22.4 Å². The molecular weight excluding hydrogens is 464 g/mol. The zero-order chi connectivity index (χ0) is 24.4. The first-order valence-corrected chi connectivity index (χ1v) is 12.5. The number of benzene rings is 2. The number of carbonyl (C=O) groups excluding carboxylic acids is 4. The molecule has 3 fully saturated rings. The van der Waals surface area contributed by atoms with Gasteiger partial charge in [-0.3, -0.25) is 19.2 Å². The van der Waals surface area contributed by atoms with Gasteiger partial charge in [0.1, 0.15) is 6.04 Å². The minimum atomic E-state index is -1.01. The van der Waals surface area contributed by atoms with E-state index in [1.807, 2.05) is 0 Å². The van der Waals surface area contributed by atoms with E-state index in [2.05, 4.69) is 12.2 Å². The molecule has 1 aliphatic heterocycles. The molecule has 178 valence electrons. The van der Waals surface area contributed by atoms with Crippen LogP contribution in [0.1, 0.15) is 40.5 Å². The summed E-state index contributed by atoms with van der Waals surface area (Å²) >= 11 is 6.02. The maximum atomic E-state index is 13.9. The predicted molar refractivity (Wildman–Crippen MR) is 129 cm³/mol. The molecule has 0 unspecified atom stereocenters. The average molecular weight is 489 g/mol. The van der Waals surface area contributed by atoms with Gasteiger partial charge in [-0.1, -0.05) is 61.0 Å². The van der Waals surface area contributed by atoms with E-state index in [9.17, 15) is 19.2 Å². The summed E-state index contributed by atoms with van der Waals surface area (Å²) in [6.45, 7) is 1.78. The molecule has 1 heterocycles. The van der Waals surface area contributed by atoms with E-state index in [4.69, 9.17) is 11.6 Å². The molecule has 5 aliphatic rings. The number of hydrogen-bond acceptors (Lipinski definition) is 4. The molecule has 7 heteroatoms. The van der Waals surface area contributed by atoms with Crippen molar-refractivity contribution in [2.24, 2.45) is 35.5 Å². The van der Waals surface area contributed by atoms with Crippen molar-refractivity contribution in [3.05, 3.63) is 82.9 Å². The highest BCUT2D eigenvalue weighted by Gasteiger charge is 2.68. The van der Waals surface area contributed by atoms with Crippen molar-refractivity contribution in [2.75, 3.05) is 0 Å². The highest BCUT2D eigenvalue weighted by atomic mass is 35.5. The number of amides is 3. The molecule has 35 heavy (non-hydrogen) atoms. The van der Waals surface area contributed by atoms with Crippen LogP contribution in [-0.4, -0.2) is 39.6 Å². The van der Waals surface area contributed by atoms with E-state index in [0.717, 1.165) is 16.4 Å². The number of carbonyl (C=O) groups is 4. The van der Waals surface area contributed by atoms with Crippen LogP contribution in [0.15, 0.2) is 66.7 Å². The largest absolute Gasteiger partial charge is 0.292 e. The first kappa shape index (κ1) is 22.2. The normalized spacial score (nSPS) is 30.6. The second-order valence-electron chi connectivity index (χ2n) is 9.95. The Morgan fingerprint density at radius 3 is 2.03 bits per heavy atom. The Hall–Kier alpha value is -3.25. The number of hydrogen-bond donors (Lipinski definition) is 0. The van der Waals surface area contributed by atoms with Crippen LogP contribution in [0, 0.1) is 35.5 Å². The van der Waals surface area contributed by atoms with Gasteiger partial charge in [-0.2, -0.15) is 5.01 Å². The fourth-order valence-electron chi connectivity index (χ4n) is 6.51. The molecule has 1 saturated heterocycles. The molecule has 7 rings (SSSR count). The van der Waals surface area contributed by atoms with Crippen LogP contribution < -0.4 is 0 Å². The van der Waals surface area contributed by atoms with Gasteiger partial charge in [0.25, 0.3) is 17.7 Å². The summed E-state index contributed by atoms with van der Waals surface area (Å²) in [7, 11) is 0. The quantitative estimate of drug-likeness (QED) is 0.343. The van der Waals surface area contributed by atoms with E-state index in [1.54, 1.807) is 61.5 Å². The molecule has 7 atom stereocenters. The van der Waals surface area contributed by atoms with Gasteiger partial charge in [-0.05, 0) is 60.8 Å². The molecular formula is C28H25ClN2O4. The topological polar surface area (TPSA) is 74.8 Å². The number of rotatable bonds is 6. The molecule has 2 aromatic rings. The Morgan fingerprint density at radius 2 is 1.49 bits per heavy atom. The minimum Gasteiger partial charge on any atom is -0.292 e. The molecule has 0 aromatic heterocycles. The zero-order valence-corrected chi connectivity index (χ0v) is 20.0. The lowest BCUT2D eigenvalue weighted by atomic mass is 9.63. The van der Waals surface area contributed by atoms with Crippen molar-refractivity contribution in [1.82, 2.24) is 10.0 Å². The number of imide groups is 1. The third-order valence-electron chi connectivity index (χ3n) is 8.20. The SMILES string of the molecule is CC[C@H](C(=O)c1ccccc1)N(C(=O)c1ccc(Cl)cc1)N1C(=O)[C@@H]2[C@H]3C=C[C@@H]([C@@H]4C[C@H]34)[C@@H]2C1=O. The summed E-state index contributed by atoms with van der Waals surface area (Å²) in [6.07, 6.45) is 5.47. The number of allylic oxidation sites excluding steroid dienone is 2. The fourth-order valence-corrected chi connectivity index (χ4v) is 6.64. The third kappa shape index (κ3) is 3.30. The molecule has 0 spiro atoms. The Labute approximate surface area is 208 Å². The molecule has 2 bridgehead atoms. The van der Waals surface area contributed by atoms with Crippen LogP contribution in [0.3, 0.4) is 0 Å². The van der Waals surface area contributed by atoms with Crippen molar-refractivity contribution in [1.29, 1.82) is 0 Å². The van der Waals surface area contributed by atoms with Crippen molar-refractivity contribution < 1.29 is 19.2 Å². The molecule has 2 saturated carbocycles. The maximum absolute atomic E-state index is 13.9. The van der Waals surface area contributed by atoms with Crippen molar-refractivity contribution in [2.45, 2.75) is 25.8 Å². The van der Waals surface area contributed by atoms with Crippen molar-refractivity contribution >= 4 is 35.1 Å². The molecule has 6 nitrogen and oxygen atoms in total. The Morgan fingerprint density at radius 1 is 0.914 bits per heavy atom. The van der Waals surface area contributed by atoms with Gasteiger partial charge in [0.15, 0.2) is 5.78 Å². The summed E-state index contributed by atoms with van der Waals surface area (Å²) in [6, 6.07) is 13.9. The lowest BCUT2D eigenvalue weighted by Crippen LogP contribution is -2.57. The zero-order valence-electron chi connectivity index (χ0n) is 19.2. The van der Waals surface area contributed by atoms with Gasteiger partial charge in [0, 0.05) is 16.1 Å². The van der Waals surface area contributed by atoms with Gasteiger partial charge >= 0.3 is 0 Å². The summed E-state index contributed by atoms with van der Waals surface area (Å²) in [5.74, 6) is -1.62. The highest BCUT2D eigenvalue weighted by Crippen LogP contribution is 2.65. The van der Waals surface area contributed by atoms with E-state index < -0.39 is 23.8 Å². The molecule has 2 aromatic carbocycles. The predicted octanol–water partition coefficient (Wildman–Crippen LogP) is 4.41. The van der Waals surface area contributed by atoms with Gasteiger partial charge in [-0.25, -0.2) is 5.01 Å². The van der Waals surface area contributed by atoms with Gasteiger partial charge in [-0.15, -0.1) is 0 Å². The number of nitrogens with zero attached hydrogens (tertiary/aromatic N) is 2. The number of hydrazine groups is 1. The van der Waals surface area contributed by atoms with Crippen molar-refractivity contribution in [3.63, 3.8) is 0 Å². The van der Waals surface area contributed by atoms with Crippen LogP contribution in [0.5, 0.6) is 0 Å². The lowest BCUT2D eigenvalue weighted by molar-refractivity contribution is -0.157. The number of halogens is 1. The summed E-state index contributed by atoms with van der Waals surface area (Å²) < 4.78 is 0. The van der Waals surface area contributed by atoms with E-state index >= 15 is 0 Å². The van der Waals surface area contributed by atoms with E-state index in [1.165, 1.54) is 0 Å². The van der Waals surface area contributed by atoms with Gasteiger partial charge in [0.05, 0.1) is 11.8 Å². The van der Waals surface area contributed by atoms with Gasteiger partial charge < -0.3 is 0 Å². The summed E-state index contributed by atoms with van der Waals surface area (Å²) in [5.41, 5.74) is 0.681. The van der Waals surface area contributed by atoms with Crippen LogP contribution in [0.4, 0.5) is 0 Å². The first-order valence-electron chi connectivity index (χ1n) is 12.2. The monoisotopic (exact) mass is 488 g/mol. The van der Waals surface area contributed by atoms with Crippen molar-refractivity contribution in [3.8, 4) is 0 Å². The molecule has 4 aliphatic carbocycles. The van der Waals surface area contributed by atoms with E-state index in [-0.39, 0.29) is 41.4 Å². The molecule has 0 N–H and O–H groups in total. The Kier molecular flexibility index (Phi) is 5.18.